The number of fused-ring (bicyclic) bond motifs is 4. The molecule has 3 rings (SSSR count). The minimum atomic E-state index is -0.587. The molecule has 2 aliphatic rings. The van der Waals surface area contributed by atoms with Gasteiger partial charge >= 0.3 is 5.97 Å². The number of anilines is 1. The Hall–Kier alpha value is -1.77. The third-order valence-corrected chi connectivity index (χ3v) is 6.10. The lowest BCUT2D eigenvalue weighted by Gasteiger charge is -2.15. The van der Waals surface area contributed by atoms with E-state index in [0.717, 1.165) is 37.9 Å². The lowest BCUT2D eigenvalue weighted by atomic mass is 9.90. The summed E-state index contributed by atoms with van der Waals surface area (Å²) in [5.74, 6) is 0.111. The molecule has 26 heavy (non-hydrogen) atoms. The largest absolute Gasteiger partial charge is 0.481 e. The fraction of sp³-hybridized carbons (Fsp3) is 0.609. The highest BCUT2D eigenvalue weighted by molar-refractivity contribution is 5.70. The maximum atomic E-state index is 11.7. The lowest BCUT2D eigenvalue weighted by Crippen LogP contribution is -2.18. The van der Waals surface area contributed by atoms with Gasteiger partial charge in [0.2, 0.25) is 0 Å². The van der Waals surface area contributed by atoms with Crippen LogP contribution in [0.2, 0.25) is 0 Å². The van der Waals surface area contributed by atoms with Crippen LogP contribution in [0.15, 0.2) is 30.3 Å². The van der Waals surface area contributed by atoms with Crippen molar-refractivity contribution in [1.82, 2.24) is 0 Å². The zero-order chi connectivity index (χ0) is 18.2. The van der Waals surface area contributed by atoms with Crippen molar-refractivity contribution in [3.05, 3.63) is 35.9 Å². The van der Waals surface area contributed by atoms with Crippen LogP contribution in [0.3, 0.4) is 0 Å². The molecule has 3 nitrogen and oxygen atoms in total. The van der Waals surface area contributed by atoms with Crippen LogP contribution in [0, 0.1) is 17.8 Å². The Morgan fingerprint density at radius 2 is 1.85 bits per heavy atom. The zero-order valence-corrected chi connectivity index (χ0v) is 15.8. The molecule has 1 aromatic carbocycles. The van der Waals surface area contributed by atoms with Crippen molar-refractivity contribution in [1.29, 1.82) is 0 Å². The van der Waals surface area contributed by atoms with E-state index in [2.05, 4.69) is 41.7 Å². The van der Waals surface area contributed by atoms with Crippen molar-refractivity contribution in [2.45, 2.75) is 64.2 Å². The molecular weight excluding hydrogens is 322 g/mol. The van der Waals surface area contributed by atoms with Gasteiger partial charge in [-0.2, -0.15) is 0 Å². The molecule has 3 heteroatoms. The van der Waals surface area contributed by atoms with Crippen molar-refractivity contribution >= 4 is 17.7 Å². The lowest BCUT2D eigenvalue weighted by molar-refractivity contribution is -0.143. The van der Waals surface area contributed by atoms with Gasteiger partial charge in [-0.05, 0) is 61.6 Å². The number of rotatable bonds is 1. The average molecular weight is 356 g/mol. The quantitative estimate of drug-likeness (QED) is 0.652. The second-order valence-electron chi connectivity index (χ2n) is 8.15. The van der Waals surface area contributed by atoms with Crippen LogP contribution in [0.4, 0.5) is 5.69 Å². The molecule has 0 saturated heterocycles. The van der Waals surface area contributed by atoms with Crippen molar-refractivity contribution in [2.24, 2.45) is 17.8 Å². The minimum Gasteiger partial charge on any atom is -0.481 e. The third-order valence-electron chi connectivity index (χ3n) is 6.10. The molecule has 1 fully saturated rings. The summed E-state index contributed by atoms with van der Waals surface area (Å²) >= 11 is 0. The molecule has 0 aromatic heterocycles. The first-order chi connectivity index (χ1) is 12.7. The smallest absolute Gasteiger partial charge is 0.306 e. The van der Waals surface area contributed by atoms with Crippen molar-refractivity contribution in [3.63, 3.8) is 0 Å². The van der Waals surface area contributed by atoms with Crippen LogP contribution in [0.25, 0.3) is 6.08 Å². The first-order valence-corrected chi connectivity index (χ1v) is 10.5. The summed E-state index contributed by atoms with van der Waals surface area (Å²) in [5, 5.41) is 13.2. The van der Waals surface area contributed by atoms with Gasteiger partial charge in [0.1, 0.15) is 0 Å². The van der Waals surface area contributed by atoms with E-state index in [-0.39, 0.29) is 5.92 Å². The molecule has 1 aromatic rings. The van der Waals surface area contributed by atoms with Gasteiger partial charge < -0.3 is 10.4 Å². The molecule has 4 bridgehead atoms. The Balaban J connectivity index is 1.66. The molecule has 2 N–H and O–H groups in total. The van der Waals surface area contributed by atoms with Gasteiger partial charge in [0.15, 0.2) is 0 Å². The van der Waals surface area contributed by atoms with Gasteiger partial charge in [-0.3, -0.25) is 4.79 Å². The summed E-state index contributed by atoms with van der Waals surface area (Å²) in [6, 6.07) is 8.54. The zero-order valence-electron chi connectivity index (χ0n) is 15.8. The molecule has 1 aliphatic heterocycles. The number of carboxylic acid groups (broad SMARTS) is 1. The van der Waals surface area contributed by atoms with Crippen LogP contribution in [-0.4, -0.2) is 17.6 Å². The predicted molar refractivity (Wildman–Crippen MR) is 108 cm³/mol. The number of hydrogen-bond acceptors (Lipinski definition) is 2. The highest BCUT2D eigenvalue weighted by Gasteiger charge is 2.37. The van der Waals surface area contributed by atoms with Gasteiger partial charge in [0.25, 0.3) is 0 Å². The van der Waals surface area contributed by atoms with Crippen LogP contribution >= 0.6 is 0 Å². The van der Waals surface area contributed by atoms with Crippen molar-refractivity contribution < 1.29 is 9.90 Å². The van der Waals surface area contributed by atoms with E-state index in [1.54, 1.807) is 0 Å². The average Bonchev–Trinajstić information content (AvgIpc) is 3.05. The van der Waals surface area contributed by atoms with Crippen LogP contribution in [0.5, 0.6) is 0 Å². The maximum Gasteiger partial charge on any atom is 0.306 e. The SMILES string of the molecule is O=C(O)C1CC2CNc3cccc(c3)/C=C\CCCCCCCCC1C2. The molecule has 3 unspecified atom stereocenters. The van der Waals surface area contributed by atoms with Crippen LogP contribution in [-0.2, 0) is 4.79 Å². The molecule has 1 heterocycles. The van der Waals surface area contributed by atoms with Crippen molar-refractivity contribution in [3.8, 4) is 0 Å². The monoisotopic (exact) mass is 355 g/mol. The number of carbonyl (C=O) groups is 1. The first-order valence-electron chi connectivity index (χ1n) is 10.5. The van der Waals surface area contributed by atoms with E-state index in [9.17, 15) is 9.90 Å². The molecule has 0 radical (unpaired) electrons. The third kappa shape index (κ3) is 5.62. The van der Waals surface area contributed by atoms with E-state index < -0.39 is 5.97 Å². The molecule has 0 amide bonds. The van der Waals surface area contributed by atoms with Gasteiger partial charge in [-0.25, -0.2) is 0 Å². The number of benzene rings is 1. The minimum absolute atomic E-state index is 0.141. The second-order valence-corrected chi connectivity index (χ2v) is 8.15. The number of hydrogen-bond donors (Lipinski definition) is 2. The molecule has 3 atom stereocenters. The fourth-order valence-corrected chi connectivity index (χ4v) is 4.64. The number of nitrogens with one attached hydrogen (secondary N) is 1. The van der Waals surface area contributed by atoms with E-state index in [1.165, 1.54) is 44.1 Å². The Morgan fingerprint density at radius 1 is 1.04 bits per heavy atom. The fourth-order valence-electron chi connectivity index (χ4n) is 4.64. The van der Waals surface area contributed by atoms with Crippen molar-refractivity contribution in [2.75, 3.05) is 11.9 Å². The van der Waals surface area contributed by atoms with Gasteiger partial charge in [0.05, 0.1) is 5.92 Å². The highest BCUT2D eigenvalue weighted by atomic mass is 16.4. The van der Waals surface area contributed by atoms with E-state index >= 15 is 0 Å². The molecule has 0 spiro atoms. The van der Waals surface area contributed by atoms with Gasteiger partial charge in [-0.15, -0.1) is 0 Å². The van der Waals surface area contributed by atoms with E-state index in [1.807, 2.05) is 0 Å². The normalized spacial score (nSPS) is 29.2. The molecular formula is C23H33NO2. The Morgan fingerprint density at radius 3 is 2.69 bits per heavy atom. The number of allylic oxidation sites excluding steroid dienone is 1. The standard InChI is InChI=1S/C23H33NO2/c25-23(26)22-16-19-14-20(22)12-8-6-4-2-1-3-5-7-10-18-11-9-13-21(15-18)24-17-19/h7,9-11,13,15,19-20,22,24H,1-6,8,12,14,16-17H2,(H,25,26)/b10-7-. The Kier molecular flexibility index (Phi) is 7.16. The Bertz CT molecular complexity index is 610. The van der Waals surface area contributed by atoms with Gasteiger partial charge in [0, 0.05) is 12.2 Å². The molecule has 1 aliphatic carbocycles. The van der Waals surface area contributed by atoms with Crippen LogP contribution < -0.4 is 5.32 Å². The molecule has 142 valence electrons. The summed E-state index contributed by atoms with van der Waals surface area (Å²) in [6.45, 7) is 0.882. The maximum absolute atomic E-state index is 11.7. The van der Waals surface area contributed by atoms with Crippen LogP contribution in [0.1, 0.15) is 69.8 Å². The number of carboxylic acids is 1. The van der Waals surface area contributed by atoms with Gasteiger partial charge in [-0.1, -0.05) is 56.4 Å². The first kappa shape index (κ1) is 19.0. The summed E-state index contributed by atoms with van der Waals surface area (Å²) in [5.41, 5.74) is 2.38. The number of aliphatic carboxylic acids is 1. The second kappa shape index (κ2) is 9.80. The summed E-state index contributed by atoms with van der Waals surface area (Å²) < 4.78 is 0. The van der Waals surface area contributed by atoms with E-state index in [0.29, 0.717) is 11.8 Å². The Labute approximate surface area is 157 Å². The predicted octanol–water partition coefficient (Wildman–Crippen LogP) is 5.97. The summed E-state index contributed by atoms with van der Waals surface area (Å²) in [6.07, 6.45) is 16.3. The van der Waals surface area contributed by atoms with E-state index in [4.69, 9.17) is 0 Å². The highest BCUT2D eigenvalue weighted by Crippen LogP contribution is 2.40. The summed E-state index contributed by atoms with van der Waals surface area (Å²) in [7, 11) is 0. The molecule has 1 saturated carbocycles. The topological polar surface area (TPSA) is 49.3 Å². The summed E-state index contributed by atoms with van der Waals surface area (Å²) in [4.78, 5) is 11.7.